The molecule has 0 aromatic carbocycles. The first-order valence-electron chi connectivity index (χ1n) is 18.6. The first-order valence-corrected chi connectivity index (χ1v) is 26.7. The summed E-state index contributed by atoms with van der Waals surface area (Å²) in [5.74, 6) is 1.48. The van der Waals surface area contributed by atoms with Crippen molar-refractivity contribution in [3.8, 4) is 0 Å². The highest BCUT2D eigenvalue weighted by Crippen LogP contribution is 2.56. The van der Waals surface area contributed by atoms with E-state index >= 15 is 0 Å². The second-order valence-corrected chi connectivity index (χ2v) is 36.5. The average Bonchev–Trinajstić information content (AvgIpc) is 2.83. The van der Waals surface area contributed by atoms with E-state index in [1.165, 1.54) is 0 Å². The Labute approximate surface area is 302 Å². The van der Waals surface area contributed by atoms with Crippen LogP contribution >= 0.6 is 0 Å². The van der Waals surface area contributed by atoms with E-state index < -0.39 is 54.4 Å². The van der Waals surface area contributed by atoms with Crippen LogP contribution in [0.4, 0.5) is 0 Å². The van der Waals surface area contributed by atoms with Gasteiger partial charge in [-0.3, -0.25) is 0 Å². The SMILES string of the molecule is CC(C)COC[Si]1(C(C)(C)C)O[Si](COCC(C)C)(C(C)(C)C)O[Si](COCC(C)C)(C(C)(C)C)O[Si](COCC(C)C)(C(C)(C)C)O1. The van der Waals surface area contributed by atoms with Crippen LogP contribution in [-0.4, -0.2) is 85.6 Å². The summed E-state index contributed by atoms with van der Waals surface area (Å²) in [7, 11) is -13.5. The van der Waals surface area contributed by atoms with E-state index in [-0.39, 0.29) is 0 Å². The second-order valence-electron chi connectivity index (χ2n) is 20.1. The highest BCUT2D eigenvalue weighted by Gasteiger charge is 2.73. The third-order valence-corrected chi connectivity index (χ3v) is 30.9. The van der Waals surface area contributed by atoms with E-state index in [0.29, 0.717) is 75.0 Å². The molecule has 0 N–H and O–H groups in total. The Morgan fingerprint density at radius 3 is 0.583 bits per heavy atom. The van der Waals surface area contributed by atoms with Crippen LogP contribution in [0.2, 0.25) is 20.2 Å². The van der Waals surface area contributed by atoms with Crippen molar-refractivity contribution in [3.05, 3.63) is 0 Å². The van der Waals surface area contributed by atoms with Gasteiger partial charge in [0.2, 0.25) is 0 Å². The van der Waals surface area contributed by atoms with Gasteiger partial charge in [0.15, 0.2) is 0 Å². The zero-order chi connectivity index (χ0) is 37.6. The summed E-state index contributed by atoms with van der Waals surface area (Å²) >= 11 is 0. The van der Waals surface area contributed by atoms with Gasteiger partial charge >= 0.3 is 34.2 Å². The molecule has 1 aliphatic heterocycles. The van der Waals surface area contributed by atoms with Gasteiger partial charge < -0.3 is 35.4 Å². The summed E-state index contributed by atoms with van der Waals surface area (Å²) in [6.07, 6.45) is 1.50. The fraction of sp³-hybridized carbons (Fsp3) is 1.00. The number of hydrogen-bond acceptors (Lipinski definition) is 8. The predicted octanol–water partition coefficient (Wildman–Crippen LogP) is 9.88. The number of rotatable bonds is 16. The Balaban J connectivity index is 4.37. The van der Waals surface area contributed by atoms with Crippen molar-refractivity contribution in [3.63, 3.8) is 0 Å². The molecule has 0 atom stereocenters. The summed E-state index contributed by atoms with van der Waals surface area (Å²) in [4.78, 5) is 0. The Hall–Kier alpha value is 0.548. The van der Waals surface area contributed by atoms with Gasteiger partial charge in [0.25, 0.3) is 0 Å². The normalized spacial score (nSPS) is 28.5. The molecule has 0 radical (unpaired) electrons. The van der Waals surface area contributed by atoms with Crippen molar-refractivity contribution < 1.29 is 35.4 Å². The lowest BCUT2D eigenvalue weighted by Crippen LogP contribution is -2.80. The predicted molar refractivity (Wildman–Crippen MR) is 209 cm³/mol. The molecule has 288 valence electrons. The minimum absolute atomic E-state index is 0.370. The van der Waals surface area contributed by atoms with Gasteiger partial charge in [0, 0.05) is 46.6 Å². The van der Waals surface area contributed by atoms with Gasteiger partial charge in [0.1, 0.15) is 0 Å². The summed E-state index contributed by atoms with van der Waals surface area (Å²) in [6, 6.07) is 0. The number of hydrogen-bond donors (Lipinski definition) is 0. The molecule has 12 heteroatoms. The van der Waals surface area contributed by atoms with Gasteiger partial charge in [-0.15, -0.1) is 0 Å². The molecular formula is C36H80O8Si4. The van der Waals surface area contributed by atoms with Crippen molar-refractivity contribution in [2.45, 2.75) is 159 Å². The van der Waals surface area contributed by atoms with Crippen molar-refractivity contribution in [2.24, 2.45) is 23.7 Å². The van der Waals surface area contributed by atoms with Gasteiger partial charge in [-0.2, -0.15) is 0 Å². The molecule has 0 aromatic rings. The Morgan fingerprint density at radius 1 is 0.333 bits per heavy atom. The lowest BCUT2D eigenvalue weighted by Gasteiger charge is -2.62. The maximum atomic E-state index is 7.98. The highest BCUT2D eigenvalue weighted by molar-refractivity contribution is 6.97. The number of ether oxygens (including phenoxy) is 4. The molecule has 48 heavy (non-hydrogen) atoms. The molecule has 0 aliphatic carbocycles. The lowest BCUT2D eigenvalue weighted by molar-refractivity contribution is 0.0517. The Kier molecular flexibility index (Phi) is 17.1. The standard InChI is InChI=1S/C36H80O8Si4/c1-29(2)21-37-25-45(33(9,10)11)41-46(34(12,13)14,26-38-22-30(3)4)43-48(36(18,19)20,28-40-24-32(7)8)44-47(42-45,35(15,16)17)27-39-23-31(5)6/h29-32H,21-28H2,1-20H3. The van der Waals surface area contributed by atoms with E-state index in [0.717, 1.165) is 0 Å². The molecule has 0 saturated carbocycles. The van der Waals surface area contributed by atoms with Crippen LogP contribution in [0.15, 0.2) is 0 Å². The molecule has 1 heterocycles. The van der Waals surface area contributed by atoms with Crippen LogP contribution in [0.5, 0.6) is 0 Å². The molecule has 1 aliphatic rings. The van der Waals surface area contributed by atoms with E-state index in [2.05, 4.69) is 138 Å². The summed E-state index contributed by atoms with van der Waals surface area (Å²) in [5.41, 5.74) is 0. The molecule has 0 unspecified atom stereocenters. The minimum Gasteiger partial charge on any atom is -0.412 e. The van der Waals surface area contributed by atoms with Gasteiger partial charge in [-0.05, 0) is 23.7 Å². The molecule has 1 saturated heterocycles. The highest BCUT2D eigenvalue weighted by atomic mass is 28.5. The molecule has 0 aromatic heterocycles. The average molecular weight is 753 g/mol. The molecule has 1 rings (SSSR count). The van der Waals surface area contributed by atoms with Crippen LogP contribution in [0.3, 0.4) is 0 Å². The van der Waals surface area contributed by atoms with Crippen molar-refractivity contribution in [2.75, 3.05) is 51.3 Å². The smallest absolute Gasteiger partial charge is 0.352 e. The van der Waals surface area contributed by atoms with Crippen LogP contribution in [0.1, 0.15) is 138 Å². The molecule has 1 fully saturated rings. The first kappa shape index (κ1) is 46.6. The summed E-state index contributed by atoms with van der Waals surface area (Å²) in [6.45, 7) is 46.8. The maximum Gasteiger partial charge on any atom is 0.352 e. The van der Waals surface area contributed by atoms with E-state index in [9.17, 15) is 0 Å². The fourth-order valence-electron chi connectivity index (χ4n) is 5.19. The molecule has 0 spiro atoms. The Bertz CT molecular complexity index is 786. The van der Waals surface area contributed by atoms with E-state index in [1.807, 2.05) is 0 Å². The van der Waals surface area contributed by atoms with Crippen LogP contribution < -0.4 is 0 Å². The van der Waals surface area contributed by atoms with E-state index in [1.54, 1.807) is 0 Å². The van der Waals surface area contributed by atoms with Gasteiger partial charge in [0.05, 0.1) is 24.9 Å². The second kappa shape index (κ2) is 17.6. The van der Waals surface area contributed by atoms with Crippen LogP contribution in [-0.2, 0) is 35.4 Å². The van der Waals surface area contributed by atoms with Crippen LogP contribution in [0.25, 0.3) is 0 Å². The van der Waals surface area contributed by atoms with Gasteiger partial charge in [-0.1, -0.05) is 138 Å². The van der Waals surface area contributed by atoms with Crippen molar-refractivity contribution >= 4 is 34.2 Å². The lowest BCUT2D eigenvalue weighted by atomic mass is 10.2. The molecule has 0 bridgehead atoms. The van der Waals surface area contributed by atoms with Crippen molar-refractivity contribution in [1.82, 2.24) is 0 Å². The maximum absolute atomic E-state index is 7.98. The molecular weight excluding hydrogens is 673 g/mol. The molecule has 0 amide bonds. The largest absolute Gasteiger partial charge is 0.412 e. The van der Waals surface area contributed by atoms with E-state index in [4.69, 9.17) is 35.4 Å². The monoisotopic (exact) mass is 752 g/mol. The fourth-order valence-corrected chi connectivity index (χ4v) is 30.8. The summed E-state index contributed by atoms with van der Waals surface area (Å²) < 4.78 is 58.4. The molecule has 8 nitrogen and oxygen atoms in total. The van der Waals surface area contributed by atoms with Crippen molar-refractivity contribution in [1.29, 1.82) is 0 Å². The van der Waals surface area contributed by atoms with Crippen LogP contribution in [0, 0.1) is 23.7 Å². The van der Waals surface area contributed by atoms with Gasteiger partial charge in [-0.25, -0.2) is 0 Å². The summed E-state index contributed by atoms with van der Waals surface area (Å²) in [5, 5.41) is -1.57. The first-order chi connectivity index (χ1) is 21.5. The Morgan fingerprint density at radius 2 is 0.479 bits per heavy atom. The zero-order valence-electron chi connectivity index (χ0n) is 35.2. The third kappa shape index (κ3) is 12.3. The quantitative estimate of drug-likeness (QED) is 0.144. The third-order valence-electron chi connectivity index (χ3n) is 8.86. The topological polar surface area (TPSA) is 73.8 Å². The minimum atomic E-state index is -3.38. The zero-order valence-corrected chi connectivity index (χ0v) is 39.2.